The molecule has 3 aromatic rings. The van der Waals surface area contributed by atoms with E-state index in [0.29, 0.717) is 34.3 Å². The molecule has 0 aromatic heterocycles. The summed E-state index contributed by atoms with van der Waals surface area (Å²) >= 11 is 11.8. The van der Waals surface area contributed by atoms with Crippen molar-refractivity contribution in [1.29, 1.82) is 0 Å². The van der Waals surface area contributed by atoms with Gasteiger partial charge in [-0.05, 0) is 66.4 Å². The van der Waals surface area contributed by atoms with Crippen LogP contribution in [0.5, 0.6) is 0 Å². The molecule has 3 N–H and O–H groups in total. The Morgan fingerprint density at radius 2 is 1.43 bits per heavy atom. The number of benzene rings is 3. The molecular formula is C24H21Cl2N3O5S. The summed E-state index contributed by atoms with van der Waals surface area (Å²) < 4.78 is 26.9. The molecule has 0 radical (unpaired) electrons. The summed E-state index contributed by atoms with van der Waals surface area (Å²) in [6.07, 6.45) is 0.818. The van der Waals surface area contributed by atoms with Gasteiger partial charge >= 0.3 is 12.0 Å². The van der Waals surface area contributed by atoms with Gasteiger partial charge in [-0.2, -0.15) is 4.31 Å². The second-order valence-corrected chi connectivity index (χ2v) is 10.6. The topological polar surface area (TPSA) is 116 Å². The third-order valence-corrected chi connectivity index (χ3v) is 8.26. The van der Waals surface area contributed by atoms with E-state index in [4.69, 9.17) is 23.2 Å². The molecule has 0 spiro atoms. The number of nitrogens with one attached hydrogen (secondary N) is 2. The van der Waals surface area contributed by atoms with Crippen LogP contribution in [0.25, 0.3) is 11.1 Å². The lowest BCUT2D eigenvalue weighted by Gasteiger charge is -2.21. The van der Waals surface area contributed by atoms with E-state index in [0.717, 1.165) is 15.4 Å². The number of carboxylic acid groups (broad SMARTS) is 1. The first-order chi connectivity index (χ1) is 16.6. The zero-order chi connectivity index (χ0) is 25.2. The van der Waals surface area contributed by atoms with Crippen LogP contribution in [-0.2, 0) is 14.8 Å². The van der Waals surface area contributed by atoms with Crippen LogP contribution in [0.3, 0.4) is 0 Å². The van der Waals surface area contributed by atoms with E-state index in [1.807, 2.05) is 0 Å². The summed E-state index contributed by atoms with van der Waals surface area (Å²) in [6.45, 7) is 0.189. The Hall–Kier alpha value is -3.11. The molecule has 11 heteroatoms. The Morgan fingerprint density at radius 3 is 2.03 bits per heavy atom. The highest BCUT2D eigenvalue weighted by Crippen LogP contribution is 2.29. The largest absolute Gasteiger partial charge is 0.480 e. The van der Waals surface area contributed by atoms with E-state index in [1.54, 1.807) is 54.6 Å². The zero-order valence-corrected chi connectivity index (χ0v) is 20.6. The Labute approximate surface area is 212 Å². The number of hydrogen-bond acceptors (Lipinski definition) is 4. The van der Waals surface area contributed by atoms with Crippen LogP contribution in [0.2, 0.25) is 10.0 Å². The molecule has 0 saturated carbocycles. The van der Waals surface area contributed by atoms with Gasteiger partial charge in [0.05, 0.1) is 14.9 Å². The predicted octanol–water partition coefficient (Wildman–Crippen LogP) is 5.54. The number of hydrogen-bond donors (Lipinski definition) is 3. The molecule has 2 amide bonds. The van der Waals surface area contributed by atoms with Crippen LogP contribution in [0, 0.1) is 0 Å². The predicted molar refractivity (Wildman–Crippen MR) is 136 cm³/mol. The number of aliphatic carboxylic acids is 1. The standard InChI is InChI=1S/C24H21Cl2N3O5S/c25-20-12-9-18(14-21(20)26)28-24(32)27-17-7-3-15(4-8-17)16-5-10-19(11-6-16)35(33,34)29-13-1-2-22(29)23(30)31/h3-12,14,22H,1-2,13H2,(H,30,31)(H2,27,28,32)/t22-/m0/s1. The molecule has 0 aliphatic carbocycles. The second kappa shape index (κ2) is 10.2. The summed E-state index contributed by atoms with van der Waals surface area (Å²) in [5, 5.41) is 15.4. The van der Waals surface area contributed by atoms with E-state index in [-0.39, 0.29) is 11.4 Å². The summed E-state index contributed by atoms with van der Waals surface area (Å²) in [7, 11) is -3.90. The van der Waals surface area contributed by atoms with Crippen molar-refractivity contribution in [3.63, 3.8) is 0 Å². The van der Waals surface area contributed by atoms with E-state index < -0.39 is 28.1 Å². The molecule has 1 aliphatic rings. The van der Waals surface area contributed by atoms with Gasteiger partial charge < -0.3 is 15.7 Å². The fourth-order valence-corrected chi connectivity index (χ4v) is 5.79. The lowest BCUT2D eigenvalue weighted by Crippen LogP contribution is -2.40. The van der Waals surface area contributed by atoms with E-state index in [2.05, 4.69) is 10.6 Å². The first-order valence-electron chi connectivity index (χ1n) is 10.6. The van der Waals surface area contributed by atoms with Crippen molar-refractivity contribution >= 4 is 56.6 Å². The molecule has 1 aliphatic heterocycles. The average molecular weight is 534 g/mol. The number of anilines is 2. The SMILES string of the molecule is O=C(Nc1ccc(-c2ccc(S(=O)(=O)N3CCC[C@H]3C(=O)O)cc2)cc1)Nc1ccc(Cl)c(Cl)c1. The number of sulfonamides is 1. The maximum Gasteiger partial charge on any atom is 0.323 e. The number of carboxylic acids is 1. The van der Waals surface area contributed by atoms with Crippen molar-refractivity contribution in [3.05, 3.63) is 76.8 Å². The number of rotatable bonds is 6. The summed E-state index contributed by atoms with van der Waals surface area (Å²) in [5.41, 5.74) is 2.63. The highest BCUT2D eigenvalue weighted by Gasteiger charge is 2.39. The molecule has 1 atom stereocenters. The fraction of sp³-hybridized carbons (Fsp3) is 0.167. The highest BCUT2D eigenvalue weighted by molar-refractivity contribution is 7.89. The molecule has 8 nitrogen and oxygen atoms in total. The van der Waals surface area contributed by atoms with Crippen molar-refractivity contribution in [3.8, 4) is 11.1 Å². The molecular weight excluding hydrogens is 513 g/mol. The number of nitrogens with zero attached hydrogens (tertiary/aromatic N) is 1. The van der Waals surface area contributed by atoms with Crippen molar-refractivity contribution in [1.82, 2.24) is 4.31 Å². The molecule has 1 heterocycles. The molecule has 1 saturated heterocycles. The van der Waals surface area contributed by atoms with Gasteiger partial charge in [0.1, 0.15) is 6.04 Å². The van der Waals surface area contributed by atoms with Gasteiger partial charge in [0.2, 0.25) is 10.0 Å². The van der Waals surface area contributed by atoms with Gasteiger partial charge in [-0.15, -0.1) is 0 Å². The monoisotopic (exact) mass is 533 g/mol. The first kappa shape index (κ1) is 25.0. The third kappa shape index (κ3) is 5.59. The molecule has 35 heavy (non-hydrogen) atoms. The molecule has 0 bridgehead atoms. The number of carbonyl (C=O) groups excluding carboxylic acids is 1. The minimum absolute atomic E-state index is 0.0478. The maximum absolute atomic E-state index is 12.9. The van der Waals surface area contributed by atoms with Crippen LogP contribution in [0.1, 0.15) is 12.8 Å². The zero-order valence-electron chi connectivity index (χ0n) is 18.2. The molecule has 1 fully saturated rings. The Bertz CT molecular complexity index is 1360. The lowest BCUT2D eigenvalue weighted by atomic mass is 10.1. The van der Waals surface area contributed by atoms with Crippen LogP contribution >= 0.6 is 23.2 Å². The fourth-order valence-electron chi connectivity index (χ4n) is 3.84. The van der Waals surface area contributed by atoms with Gasteiger partial charge in [0.15, 0.2) is 0 Å². The van der Waals surface area contributed by atoms with Crippen molar-refractivity contribution in [2.45, 2.75) is 23.8 Å². The highest BCUT2D eigenvalue weighted by atomic mass is 35.5. The van der Waals surface area contributed by atoms with E-state index in [1.165, 1.54) is 12.1 Å². The minimum Gasteiger partial charge on any atom is -0.480 e. The summed E-state index contributed by atoms with van der Waals surface area (Å²) in [4.78, 5) is 23.7. The van der Waals surface area contributed by atoms with Crippen LogP contribution in [0.15, 0.2) is 71.6 Å². The molecule has 0 unspecified atom stereocenters. The summed E-state index contributed by atoms with van der Waals surface area (Å²) in [6, 6.07) is 16.6. The van der Waals surface area contributed by atoms with Crippen molar-refractivity contribution in [2.24, 2.45) is 0 Å². The Morgan fingerprint density at radius 1 is 0.857 bits per heavy atom. The van der Waals surface area contributed by atoms with Gasteiger partial charge in [-0.25, -0.2) is 13.2 Å². The van der Waals surface area contributed by atoms with Gasteiger partial charge in [0.25, 0.3) is 0 Å². The molecule has 182 valence electrons. The quantitative estimate of drug-likeness (QED) is 0.384. The van der Waals surface area contributed by atoms with Gasteiger partial charge in [-0.3, -0.25) is 4.79 Å². The van der Waals surface area contributed by atoms with Crippen molar-refractivity contribution in [2.75, 3.05) is 17.2 Å². The van der Waals surface area contributed by atoms with Gasteiger partial charge in [0, 0.05) is 17.9 Å². The Kier molecular flexibility index (Phi) is 7.32. The molecule has 3 aromatic carbocycles. The minimum atomic E-state index is -3.90. The normalized spacial score (nSPS) is 16.1. The number of amides is 2. The third-order valence-electron chi connectivity index (χ3n) is 5.60. The lowest BCUT2D eigenvalue weighted by molar-refractivity contribution is -0.140. The van der Waals surface area contributed by atoms with E-state index >= 15 is 0 Å². The smallest absolute Gasteiger partial charge is 0.323 e. The van der Waals surface area contributed by atoms with Crippen molar-refractivity contribution < 1.29 is 23.1 Å². The number of halogens is 2. The number of urea groups is 1. The Balaban J connectivity index is 1.42. The van der Waals surface area contributed by atoms with Gasteiger partial charge in [-0.1, -0.05) is 47.5 Å². The van der Waals surface area contributed by atoms with Crippen LogP contribution in [-0.4, -0.2) is 42.4 Å². The average Bonchev–Trinajstić information content (AvgIpc) is 3.34. The second-order valence-electron chi connectivity index (χ2n) is 7.92. The van der Waals surface area contributed by atoms with E-state index in [9.17, 15) is 23.1 Å². The first-order valence-corrected chi connectivity index (χ1v) is 12.8. The van der Waals surface area contributed by atoms with Crippen LogP contribution in [0.4, 0.5) is 16.2 Å². The maximum atomic E-state index is 12.9. The summed E-state index contributed by atoms with van der Waals surface area (Å²) in [5.74, 6) is -1.14. The number of carbonyl (C=O) groups is 2. The van der Waals surface area contributed by atoms with Crippen LogP contribution < -0.4 is 10.6 Å². The molecule has 4 rings (SSSR count).